The lowest BCUT2D eigenvalue weighted by Gasteiger charge is -2.27. The highest BCUT2D eigenvalue weighted by molar-refractivity contribution is 8.15. The first-order chi connectivity index (χ1) is 17.8. The smallest absolute Gasteiger partial charge is 0.262 e. The maximum absolute atomic E-state index is 12.7. The monoisotopic (exact) mass is 521 g/mol. The third-order valence-electron chi connectivity index (χ3n) is 6.20. The lowest BCUT2D eigenvalue weighted by molar-refractivity contribution is -0.121. The Labute approximate surface area is 220 Å². The van der Waals surface area contributed by atoms with Crippen LogP contribution in [-0.2, 0) is 14.4 Å². The molecule has 0 saturated carbocycles. The number of nitrogens with one attached hydrogen (secondary N) is 2. The molecular weight excluding hydrogens is 490 g/mol. The number of aryl methyl sites for hydroxylation is 1. The highest BCUT2D eigenvalue weighted by atomic mass is 32.2. The van der Waals surface area contributed by atoms with E-state index in [0.717, 1.165) is 36.7 Å². The van der Waals surface area contributed by atoms with E-state index in [-0.39, 0.29) is 36.6 Å². The Morgan fingerprint density at radius 3 is 2.19 bits per heavy atom. The summed E-state index contributed by atoms with van der Waals surface area (Å²) in [5.41, 5.74) is 2.68. The summed E-state index contributed by atoms with van der Waals surface area (Å²) in [7, 11) is 1.56. The van der Waals surface area contributed by atoms with Crippen LogP contribution in [0.1, 0.15) is 41.6 Å². The number of amidine groups is 1. The van der Waals surface area contributed by atoms with Crippen molar-refractivity contribution in [2.75, 3.05) is 37.3 Å². The molecule has 0 aliphatic carbocycles. The van der Waals surface area contributed by atoms with Gasteiger partial charge in [-0.2, -0.15) is 4.99 Å². The number of amides is 4. The van der Waals surface area contributed by atoms with Gasteiger partial charge >= 0.3 is 0 Å². The Balaban J connectivity index is 1.24. The second kappa shape index (κ2) is 12.1. The quantitative estimate of drug-likeness (QED) is 0.577. The van der Waals surface area contributed by atoms with Crippen LogP contribution in [0.15, 0.2) is 53.5 Å². The van der Waals surface area contributed by atoms with Crippen LogP contribution in [0.2, 0.25) is 0 Å². The van der Waals surface area contributed by atoms with Gasteiger partial charge in [0.15, 0.2) is 5.17 Å². The number of benzene rings is 2. The molecule has 4 rings (SSSR count). The van der Waals surface area contributed by atoms with Gasteiger partial charge in [-0.05, 0) is 62.6 Å². The number of likely N-dealkylation sites (N-methyl/N-ethyl adjacent to an activating group) is 1. The Morgan fingerprint density at radius 1 is 0.946 bits per heavy atom. The molecule has 2 heterocycles. The molecule has 2 aromatic carbocycles. The summed E-state index contributed by atoms with van der Waals surface area (Å²) < 4.78 is 0. The average Bonchev–Trinajstić information content (AvgIpc) is 3.25. The van der Waals surface area contributed by atoms with E-state index in [1.807, 2.05) is 31.2 Å². The molecule has 1 unspecified atom stereocenters. The van der Waals surface area contributed by atoms with Crippen molar-refractivity contribution in [1.82, 2.24) is 9.80 Å². The van der Waals surface area contributed by atoms with Crippen molar-refractivity contribution in [1.29, 1.82) is 0 Å². The summed E-state index contributed by atoms with van der Waals surface area (Å²) in [5.74, 6) is -1.16. The van der Waals surface area contributed by atoms with E-state index in [0.29, 0.717) is 16.9 Å². The van der Waals surface area contributed by atoms with Crippen LogP contribution < -0.4 is 10.6 Å². The average molecular weight is 522 g/mol. The SMILES string of the molecule is Cc1ccc(NC(=O)CN(C)C(=O)c2ccc(NC(=O)CC3SC(N4CCCCC4)=NC3=O)cc2)cc1. The predicted molar refractivity (Wildman–Crippen MR) is 146 cm³/mol. The van der Waals surface area contributed by atoms with Gasteiger partial charge in [-0.25, -0.2) is 0 Å². The Bertz CT molecular complexity index is 1190. The van der Waals surface area contributed by atoms with Crippen LogP contribution in [0.4, 0.5) is 11.4 Å². The van der Waals surface area contributed by atoms with Gasteiger partial charge in [0.1, 0.15) is 5.25 Å². The summed E-state index contributed by atoms with van der Waals surface area (Å²) in [4.78, 5) is 57.5. The van der Waals surface area contributed by atoms with E-state index >= 15 is 0 Å². The summed E-state index contributed by atoms with van der Waals surface area (Å²) >= 11 is 1.36. The molecule has 10 heteroatoms. The van der Waals surface area contributed by atoms with Crippen molar-refractivity contribution in [3.63, 3.8) is 0 Å². The molecule has 37 heavy (non-hydrogen) atoms. The van der Waals surface area contributed by atoms with E-state index < -0.39 is 5.25 Å². The number of rotatable bonds is 7. The number of hydrogen-bond donors (Lipinski definition) is 2. The number of anilines is 2. The van der Waals surface area contributed by atoms with E-state index in [2.05, 4.69) is 20.5 Å². The van der Waals surface area contributed by atoms with Crippen LogP contribution in [0.25, 0.3) is 0 Å². The summed E-state index contributed by atoms with van der Waals surface area (Å²) in [5, 5.41) is 5.77. The highest BCUT2D eigenvalue weighted by Crippen LogP contribution is 2.29. The number of aliphatic imine (C=N–C) groups is 1. The lowest BCUT2D eigenvalue weighted by atomic mass is 10.1. The topological polar surface area (TPSA) is 111 Å². The Hall–Kier alpha value is -3.66. The number of piperidine rings is 1. The standard InChI is InChI=1S/C27H31N5O4S/c1-18-6-10-20(11-7-18)29-24(34)17-31(2)26(36)19-8-12-21(13-9-19)28-23(33)16-22-25(35)30-27(37-22)32-14-4-3-5-15-32/h6-13,22H,3-5,14-17H2,1-2H3,(H,28,33)(H,29,34). The first kappa shape index (κ1) is 26.4. The van der Waals surface area contributed by atoms with Crippen molar-refractivity contribution < 1.29 is 19.2 Å². The molecule has 1 fully saturated rings. The molecule has 2 aromatic rings. The zero-order valence-electron chi connectivity index (χ0n) is 21.0. The minimum Gasteiger partial charge on any atom is -0.351 e. The van der Waals surface area contributed by atoms with Crippen molar-refractivity contribution >= 4 is 51.9 Å². The fourth-order valence-electron chi connectivity index (χ4n) is 4.15. The lowest BCUT2D eigenvalue weighted by Crippen LogP contribution is -2.34. The molecule has 0 bridgehead atoms. The zero-order valence-corrected chi connectivity index (χ0v) is 21.8. The molecule has 0 spiro atoms. The number of likely N-dealkylation sites (tertiary alicyclic amines) is 1. The molecule has 1 saturated heterocycles. The molecule has 4 amide bonds. The van der Waals surface area contributed by atoms with E-state index in [4.69, 9.17) is 0 Å². The molecule has 2 aliphatic rings. The van der Waals surface area contributed by atoms with Gasteiger partial charge in [0.05, 0.1) is 6.54 Å². The van der Waals surface area contributed by atoms with E-state index in [1.54, 1.807) is 31.3 Å². The minimum absolute atomic E-state index is 0.0316. The number of carbonyl (C=O) groups excluding carboxylic acids is 4. The van der Waals surface area contributed by atoms with Gasteiger partial charge < -0.3 is 20.4 Å². The van der Waals surface area contributed by atoms with Crippen LogP contribution in [0.3, 0.4) is 0 Å². The third kappa shape index (κ3) is 7.19. The number of carbonyl (C=O) groups is 4. The van der Waals surface area contributed by atoms with Crippen LogP contribution in [0.5, 0.6) is 0 Å². The highest BCUT2D eigenvalue weighted by Gasteiger charge is 2.33. The summed E-state index contributed by atoms with van der Waals surface area (Å²) in [6.45, 7) is 3.66. The van der Waals surface area contributed by atoms with Gasteiger partial charge in [0, 0.05) is 43.5 Å². The maximum Gasteiger partial charge on any atom is 0.262 e. The molecular formula is C27H31N5O4S. The number of thioether (sulfide) groups is 1. The maximum atomic E-state index is 12.7. The molecule has 2 aliphatic heterocycles. The van der Waals surface area contributed by atoms with Crippen LogP contribution >= 0.6 is 11.8 Å². The second-order valence-electron chi connectivity index (χ2n) is 9.29. The van der Waals surface area contributed by atoms with Gasteiger partial charge in [0.2, 0.25) is 11.8 Å². The Morgan fingerprint density at radius 2 is 1.54 bits per heavy atom. The molecule has 0 aromatic heterocycles. The predicted octanol–water partition coefficient (Wildman–Crippen LogP) is 3.52. The van der Waals surface area contributed by atoms with Crippen molar-refractivity contribution in [2.24, 2.45) is 4.99 Å². The molecule has 194 valence electrons. The fourth-order valence-corrected chi connectivity index (χ4v) is 5.27. The molecule has 1 atom stereocenters. The van der Waals surface area contributed by atoms with Crippen molar-refractivity contribution in [2.45, 2.75) is 37.9 Å². The fraction of sp³-hybridized carbons (Fsp3) is 0.370. The van der Waals surface area contributed by atoms with Gasteiger partial charge in [0.25, 0.3) is 11.8 Å². The summed E-state index contributed by atoms with van der Waals surface area (Å²) in [6.07, 6.45) is 3.41. The van der Waals surface area contributed by atoms with Crippen LogP contribution in [-0.4, -0.2) is 70.5 Å². The van der Waals surface area contributed by atoms with Gasteiger partial charge in [-0.15, -0.1) is 0 Å². The van der Waals surface area contributed by atoms with Crippen LogP contribution in [0, 0.1) is 6.92 Å². The second-order valence-corrected chi connectivity index (χ2v) is 10.5. The molecule has 0 radical (unpaired) electrons. The molecule has 9 nitrogen and oxygen atoms in total. The van der Waals surface area contributed by atoms with Crippen molar-refractivity contribution in [3.8, 4) is 0 Å². The van der Waals surface area contributed by atoms with Gasteiger partial charge in [-0.3, -0.25) is 19.2 Å². The first-order valence-corrected chi connectivity index (χ1v) is 13.2. The molecule has 2 N–H and O–H groups in total. The number of nitrogens with zero attached hydrogens (tertiary/aromatic N) is 3. The van der Waals surface area contributed by atoms with Crippen molar-refractivity contribution in [3.05, 3.63) is 59.7 Å². The zero-order chi connectivity index (χ0) is 26.4. The first-order valence-electron chi connectivity index (χ1n) is 12.3. The largest absolute Gasteiger partial charge is 0.351 e. The summed E-state index contributed by atoms with van der Waals surface area (Å²) in [6, 6.07) is 13.9. The van der Waals surface area contributed by atoms with E-state index in [9.17, 15) is 19.2 Å². The normalized spacial score (nSPS) is 17.2. The number of hydrogen-bond acceptors (Lipinski definition) is 6. The Kier molecular flexibility index (Phi) is 8.60. The third-order valence-corrected chi connectivity index (χ3v) is 7.42. The van der Waals surface area contributed by atoms with Gasteiger partial charge in [-0.1, -0.05) is 29.5 Å². The van der Waals surface area contributed by atoms with E-state index in [1.165, 1.54) is 23.1 Å². The minimum atomic E-state index is -0.516.